The third kappa shape index (κ3) is 7.92. The molecule has 0 atom stereocenters. The molecule has 1 heterocycles. The normalized spacial score (nSPS) is 12.2. The van der Waals surface area contributed by atoms with Crippen molar-refractivity contribution in [3.05, 3.63) is 137 Å². The van der Waals surface area contributed by atoms with Crippen molar-refractivity contribution in [3.63, 3.8) is 0 Å². The number of ether oxygens (including phenoxy) is 2. The second kappa shape index (κ2) is 14.7. The van der Waals surface area contributed by atoms with Gasteiger partial charge in [-0.05, 0) is 52.9 Å². The van der Waals surface area contributed by atoms with E-state index in [1.807, 2.05) is 84.6 Å². The molecule has 4 aromatic rings. The van der Waals surface area contributed by atoms with Crippen LogP contribution in [0.15, 0.2) is 97.6 Å². The summed E-state index contributed by atoms with van der Waals surface area (Å²) in [4.78, 5) is 16.0. The maximum Gasteiger partial charge on any atom is 0.258 e. The van der Waals surface area contributed by atoms with Gasteiger partial charge in [-0.25, -0.2) is 0 Å². The fourth-order valence-electron chi connectivity index (χ4n) is 5.23. The predicted molar refractivity (Wildman–Crippen MR) is 173 cm³/mol. The van der Waals surface area contributed by atoms with Gasteiger partial charge < -0.3 is 25.0 Å². The molecule has 2 N–H and O–H groups in total. The van der Waals surface area contributed by atoms with Crippen molar-refractivity contribution >= 4 is 11.5 Å². The Labute approximate surface area is 255 Å². The van der Waals surface area contributed by atoms with Crippen LogP contribution in [0.3, 0.4) is 0 Å². The van der Waals surface area contributed by atoms with Crippen molar-refractivity contribution in [1.82, 2.24) is 15.5 Å². The van der Waals surface area contributed by atoms with Crippen molar-refractivity contribution < 1.29 is 14.3 Å². The van der Waals surface area contributed by atoms with Gasteiger partial charge in [-0.2, -0.15) is 0 Å². The lowest BCUT2D eigenvalue weighted by Gasteiger charge is -2.21. The van der Waals surface area contributed by atoms with Gasteiger partial charge in [0, 0.05) is 44.4 Å². The molecule has 0 radical (unpaired) electrons. The first kappa shape index (κ1) is 30.1. The Morgan fingerprint density at radius 3 is 1.98 bits per heavy atom. The minimum absolute atomic E-state index is 0.0679. The molecule has 0 aromatic heterocycles. The minimum Gasteiger partial charge on any atom is -0.488 e. The smallest absolute Gasteiger partial charge is 0.258 e. The Hall–Kier alpha value is -4.39. The molecule has 6 nitrogen and oxygen atoms in total. The van der Waals surface area contributed by atoms with Gasteiger partial charge in [0.05, 0.1) is 5.56 Å². The average Bonchev–Trinajstić information content (AvgIpc) is 3.47. The maximum absolute atomic E-state index is 14.1. The van der Waals surface area contributed by atoms with Gasteiger partial charge >= 0.3 is 0 Å². The molecule has 4 aromatic carbocycles. The van der Waals surface area contributed by atoms with Gasteiger partial charge in [-0.3, -0.25) is 4.79 Å². The quantitative estimate of drug-likeness (QED) is 0.163. The highest BCUT2D eigenvalue weighted by Gasteiger charge is 2.28. The van der Waals surface area contributed by atoms with E-state index < -0.39 is 0 Å². The highest BCUT2D eigenvalue weighted by Crippen LogP contribution is 2.36. The molecular formula is C37H41N3O3. The van der Waals surface area contributed by atoms with Crippen molar-refractivity contribution in [3.8, 4) is 11.5 Å². The summed E-state index contributed by atoms with van der Waals surface area (Å²) in [5.41, 5.74) is 7.81. The minimum atomic E-state index is -0.0679. The van der Waals surface area contributed by atoms with Gasteiger partial charge in [0.2, 0.25) is 0 Å². The maximum atomic E-state index is 14.1. The van der Waals surface area contributed by atoms with Crippen LogP contribution in [0.5, 0.6) is 11.5 Å². The molecule has 222 valence electrons. The monoisotopic (exact) mass is 575 g/mol. The number of carbonyl (C=O) groups excluding carboxylic acids is 1. The zero-order valence-electron chi connectivity index (χ0n) is 25.2. The van der Waals surface area contributed by atoms with Crippen LogP contribution < -0.4 is 20.1 Å². The number of amides is 1. The number of benzene rings is 4. The molecule has 0 saturated carbocycles. The van der Waals surface area contributed by atoms with Crippen molar-refractivity contribution in [2.75, 3.05) is 19.6 Å². The molecule has 1 aliphatic rings. The first-order chi connectivity index (χ1) is 21.0. The number of rotatable bonds is 14. The largest absolute Gasteiger partial charge is 0.488 e. The summed E-state index contributed by atoms with van der Waals surface area (Å²) in [6, 6.07) is 30.3. The topological polar surface area (TPSA) is 62.8 Å². The highest BCUT2D eigenvalue weighted by molar-refractivity contribution is 5.98. The first-order valence-corrected chi connectivity index (χ1v) is 15.0. The van der Waals surface area contributed by atoms with Crippen LogP contribution in [-0.2, 0) is 32.8 Å². The van der Waals surface area contributed by atoms with Crippen molar-refractivity contribution in [1.29, 1.82) is 0 Å². The molecule has 0 aliphatic carbocycles. The zero-order chi connectivity index (χ0) is 30.0. The molecular weight excluding hydrogens is 534 g/mol. The van der Waals surface area contributed by atoms with Crippen LogP contribution in [-0.4, -0.2) is 30.4 Å². The summed E-state index contributed by atoms with van der Waals surface area (Å²) in [7, 11) is 0. The second-order valence-electron chi connectivity index (χ2n) is 11.0. The van der Waals surface area contributed by atoms with E-state index in [4.69, 9.17) is 9.47 Å². The number of hydrogen-bond donors (Lipinski definition) is 2. The average molecular weight is 576 g/mol. The number of nitrogens with one attached hydrogen (secondary N) is 2. The number of allylic oxidation sites excluding steroid dienone is 1. The highest BCUT2D eigenvalue weighted by atomic mass is 16.5. The Morgan fingerprint density at radius 1 is 0.744 bits per heavy atom. The van der Waals surface area contributed by atoms with E-state index in [9.17, 15) is 4.79 Å². The zero-order valence-corrected chi connectivity index (χ0v) is 25.2. The lowest BCUT2D eigenvalue weighted by Crippen LogP contribution is -2.26. The van der Waals surface area contributed by atoms with Gasteiger partial charge in [-0.15, -0.1) is 0 Å². The van der Waals surface area contributed by atoms with Crippen LogP contribution in [0.25, 0.3) is 5.57 Å². The summed E-state index contributed by atoms with van der Waals surface area (Å²) in [5, 5.41) is 6.82. The summed E-state index contributed by atoms with van der Waals surface area (Å²) in [6.45, 7) is 13.7. The summed E-state index contributed by atoms with van der Waals surface area (Å²) in [6.07, 6.45) is 0. The van der Waals surface area contributed by atoms with Crippen LogP contribution in [0.1, 0.15) is 57.6 Å². The summed E-state index contributed by atoms with van der Waals surface area (Å²) in [5.74, 6) is 1.08. The first-order valence-electron chi connectivity index (χ1n) is 15.0. The predicted octanol–water partition coefficient (Wildman–Crippen LogP) is 6.73. The molecule has 5 rings (SSSR count). The van der Waals surface area contributed by atoms with Gasteiger partial charge in [0.1, 0.15) is 24.7 Å². The second-order valence-corrected chi connectivity index (χ2v) is 11.0. The molecule has 0 fully saturated rings. The SMILES string of the molecule is C=C(C)c1cc(C(=O)N2Cc3ccc(CNCCNCC)cc3C2)c(OCc2ccccc2)cc1OCc1ccccc1. The van der Waals surface area contributed by atoms with Gasteiger partial charge in [0.15, 0.2) is 0 Å². The molecule has 0 bridgehead atoms. The number of nitrogens with zero attached hydrogens (tertiary/aromatic N) is 1. The van der Waals surface area contributed by atoms with Gasteiger partial charge in [-0.1, -0.05) is 92.4 Å². The van der Waals surface area contributed by atoms with E-state index in [2.05, 4.69) is 42.3 Å². The summed E-state index contributed by atoms with van der Waals surface area (Å²) < 4.78 is 12.6. The van der Waals surface area contributed by atoms with Crippen molar-refractivity contribution in [2.24, 2.45) is 0 Å². The fourth-order valence-corrected chi connectivity index (χ4v) is 5.23. The molecule has 1 aliphatic heterocycles. The van der Waals surface area contributed by atoms with E-state index in [-0.39, 0.29) is 5.91 Å². The van der Waals surface area contributed by atoms with E-state index in [0.29, 0.717) is 43.4 Å². The lowest BCUT2D eigenvalue weighted by molar-refractivity contribution is 0.0746. The van der Waals surface area contributed by atoms with E-state index in [0.717, 1.165) is 48.4 Å². The fraction of sp³-hybridized carbons (Fsp3) is 0.270. The Bertz CT molecular complexity index is 1540. The van der Waals surface area contributed by atoms with E-state index in [1.165, 1.54) is 16.7 Å². The number of carbonyl (C=O) groups is 1. The van der Waals surface area contributed by atoms with Crippen LogP contribution in [0, 0.1) is 0 Å². The molecule has 0 unspecified atom stereocenters. The molecule has 0 saturated heterocycles. The van der Waals surface area contributed by atoms with Crippen molar-refractivity contribution in [2.45, 2.75) is 46.7 Å². The molecule has 0 spiro atoms. The van der Waals surface area contributed by atoms with Crippen LogP contribution in [0.4, 0.5) is 0 Å². The van der Waals surface area contributed by atoms with E-state index >= 15 is 0 Å². The van der Waals surface area contributed by atoms with Crippen LogP contribution >= 0.6 is 0 Å². The third-order valence-corrected chi connectivity index (χ3v) is 7.58. The molecule has 1 amide bonds. The number of fused-ring (bicyclic) bond motifs is 1. The molecule has 6 heteroatoms. The third-order valence-electron chi connectivity index (χ3n) is 7.58. The standard InChI is InChI=1S/C37H41N3O3/c1-4-38-17-18-39-22-30-15-16-31-23-40(24-32(31)19-30)37(41)34-20-33(27(2)3)35(42-25-28-11-7-5-8-12-28)21-36(34)43-26-29-13-9-6-10-14-29/h5-16,19-21,38-39H,2,4,17-18,22-26H2,1,3H3. The van der Waals surface area contributed by atoms with Crippen LogP contribution in [0.2, 0.25) is 0 Å². The number of likely N-dealkylation sites (N-methyl/N-ethyl adjacent to an activating group) is 1. The Morgan fingerprint density at radius 2 is 1.35 bits per heavy atom. The Kier molecular flexibility index (Phi) is 10.3. The number of hydrogen-bond acceptors (Lipinski definition) is 5. The summed E-state index contributed by atoms with van der Waals surface area (Å²) >= 11 is 0. The van der Waals surface area contributed by atoms with Gasteiger partial charge in [0.25, 0.3) is 5.91 Å². The molecule has 43 heavy (non-hydrogen) atoms. The van der Waals surface area contributed by atoms with E-state index in [1.54, 1.807) is 0 Å². The Balaban J connectivity index is 1.38. The lowest BCUT2D eigenvalue weighted by atomic mass is 10.0.